The molecule has 0 radical (unpaired) electrons. The number of benzene rings is 1. The van der Waals surface area contributed by atoms with Crippen molar-refractivity contribution in [2.45, 2.75) is 109 Å². The second-order valence-electron chi connectivity index (χ2n) is 15.9. The fraction of sp³-hybridized carbons (Fsp3) is 0.667. The number of oxime groups is 1. The molecule has 5 aliphatic rings. The second-order valence-corrected chi connectivity index (χ2v) is 16.3. The van der Waals surface area contributed by atoms with E-state index in [9.17, 15) is 24.0 Å². The van der Waals surface area contributed by atoms with E-state index in [1.54, 1.807) is 12.1 Å². The van der Waals surface area contributed by atoms with Crippen molar-refractivity contribution < 1.29 is 28.8 Å². The highest BCUT2D eigenvalue weighted by Gasteiger charge is 2.56. The van der Waals surface area contributed by atoms with Gasteiger partial charge >= 0.3 is 0 Å². The van der Waals surface area contributed by atoms with Crippen molar-refractivity contribution in [3.8, 4) is 0 Å². The first-order chi connectivity index (χ1) is 22.7. The molecule has 3 aliphatic carbocycles. The monoisotopic (exact) mass is 681 g/mol. The van der Waals surface area contributed by atoms with Crippen molar-refractivity contribution in [1.29, 1.82) is 0 Å². The lowest BCUT2D eigenvalue weighted by Crippen LogP contribution is -2.59. The van der Waals surface area contributed by atoms with Crippen molar-refractivity contribution in [2.24, 2.45) is 34.2 Å². The number of fused-ring (bicyclic) bond motifs is 2. The van der Waals surface area contributed by atoms with Gasteiger partial charge in [-0.05, 0) is 66.9 Å². The normalized spacial score (nSPS) is 28.9. The minimum atomic E-state index is -1.02. The van der Waals surface area contributed by atoms with Crippen molar-refractivity contribution >= 4 is 46.7 Å². The summed E-state index contributed by atoms with van der Waals surface area (Å²) >= 11 is 6.25. The predicted molar refractivity (Wildman–Crippen MR) is 180 cm³/mol. The van der Waals surface area contributed by atoms with Crippen LogP contribution in [0.15, 0.2) is 29.4 Å². The van der Waals surface area contributed by atoms with Gasteiger partial charge < -0.3 is 25.7 Å². The van der Waals surface area contributed by atoms with Gasteiger partial charge in [0.1, 0.15) is 12.1 Å². The molecule has 1 saturated heterocycles. The van der Waals surface area contributed by atoms with Crippen LogP contribution in [0.5, 0.6) is 0 Å². The molecule has 2 heterocycles. The fourth-order valence-corrected chi connectivity index (χ4v) is 8.51. The van der Waals surface area contributed by atoms with Gasteiger partial charge in [-0.1, -0.05) is 68.9 Å². The first-order valence-electron chi connectivity index (χ1n) is 17.4. The van der Waals surface area contributed by atoms with Gasteiger partial charge in [0.2, 0.25) is 23.5 Å². The molecule has 1 spiro atoms. The first kappa shape index (κ1) is 34.4. The van der Waals surface area contributed by atoms with Crippen molar-refractivity contribution in [3.63, 3.8) is 0 Å². The Bertz CT molecular complexity index is 1500. The number of likely N-dealkylation sites (N-methyl/N-ethyl adjacent to an activating group) is 1. The lowest BCUT2D eigenvalue weighted by atomic mass is 9.84. The molecule has 7 atom stereocenters. The zero-order valence-corrected chi connectivity index (χ0v) is 29.1. The van der Waals surface area contributed by atoms with Crippen molar-refractivity contribution in [3.05, 3.63) is 34.9 Å². The van der Waals surface area contributed by atoms with Crippen molar-refractivity contribution in [1.82, 2.24) is 20.9 Å². The molecule has 2 aliphatic heterocycles. The fourth-order valence-electron chi connectivity index (χ4n) is 8.32. The molecule has 260 valence electrons. The Morgan fingerprint density at radius 2 is 1.85 bits per heavy atom. The third kappa shape index (κ3) is 7.40. The highest BCUT2D eigenvalue weighted by molar-refractivity contribution is 6.38. The van der Waals surface area contributed by atoms with Crippen LogP contribution in [0.25, 0.3) is 0 Å². The number of ketones is 1. The largest absolute Gasteiger partial charge is 0.387 e. The maximum atomic E-state index is 14.6. The Morgan fingerprint density at radius 1 is 1.08 bits per heavy atom. The third-order valence-corrected chi connectivity index (χ3v) is 11.3. The number of hydrogen-bond acceptors (Lipinski definition) is 7. The summed E-state index contributed by atoms with van der Waals surface area (Å²) in [4.78, 5) is 75.1. The van der Waals surface area contributed by atoms with E-state index in [-0.39, 0.29) is 24.8 Å². The Morgan fingerprint density at radius 3 is 2.48 bits per heavy atom. The SMILES string of the molecule is CNC(=O)C(=O)[C@H](CC1CC1)NC(=O)[C@@H]1C[C@]2(CC(c3cccc(Cl)c3)=NO2)CN1C(=O)[C@@H](NC(=O)CC1CC2CCC1C2)C(C)(C)C. The highest BCUT2D eigenvalue weighted by Crippen LogP contribution is 2.49. The summed E-state index contributed by atoms with van der Waals surface area (Å²) in [6.07, 6.45) is 7.72. The molecule has 1 aromatic rings. The number of hydrogen-bond donors (Lipinski definition) is 3. The number of rotatable bonds is 11. The number of nitrogens with one attached hydrogen (secondary N) is 3. The Balaban J connectivity index is 1.24. The van der Waals surface area contributed by atoms with E-state index in [2.05, 4.69) is 21.1 Å². The number of Topliss-reactive ketones (excluding diaryl/α,β-unsaturated/α-hetero) is 1. The molecular weight excluding hydrogens is 634 g/mol. The van der Waals surface area contributed by atoms with Gasteiger partial charge in [0.05, 0.1) is 18.3 Å². The Labute approximate surface area is 287 Å². The summed E-state index contributed by atoms with van der Waals surface area (Å²) in [6.45, 7) is 5.75. The number of carbonyl (C=O) groups excluding carboxylic acids is 5. The molecule has 1 aromatic carbocycles. The summed E-state index contributed by atoms with van der Waals surface area (Å²) in [5.41, 5.74) is -0.229. The van der Waals surface area contributed by atoms with Crippen molar-refractivity contribution in [2.75, 3.05) is 13.6 Å². The lowest BCUT2D eigenvalue weighted by molar-refractivity contribution is -0.145. The van der Waals surface area contributed by atoms with Crippen LogP contribution in [0.3, 0.4) is 0 Å². The molecule has 6 rings (SSSR count). The number of amides is 4. The van der Waals surface area contributed by atoms with Crippen LogP contribution in [0.2, 0.25) is 5.02 Å². The smallest absolute Gasteiger partial charge is 0.289 e. The quantitative estimate of drug-likeness (QED) is 0.303. The van der Waals surface area contributed by atoms with Gasteiger partial charge in [0, 0.05) is 36.9 Å². The van der Waals surface area contributed by atoms with Crippen LogP contribution in [0, 0.1) is 29.1 Å². The third-order valence-electron chi connectivity index (χ3n) is 11.1. The maximum absolute atomic E-state index is 14.6. The average Bonchev–Trinajstić information content (AvgIpc) is 3.38. The van der Waals surface area contributed by atoms with E-state index in [1.807, 2.05) is 32.9 Å². The van der Waals surface area contributed by atoms with E-state index >= 15 is 0 Å². The average molecular weight is 682 g/mol. The summed E-state index contributed by atoms with van der Waals surface area (Å²) < 4.78 is 0. The van der Waals surface area contributed by atoms with Crippen LogP contribution in [0.4, 0.5) is 0 Å². The molecule has 11 nitrogen and oxygen atoms in total. The molecule has 3 N–H and O–H groups in total. The predicted octanol–water partition coefficient (Wildman–Crippen LogP) is 3.76. The van der Waals surface area contributed by atoms with Gasteiger partial charge in [0.15, 0.2) is 5.60 Å². The van der Waals surface area contributed by atoms with Crippen LogP contribution in [0.1, 0.15) is 90.5 Å². The molecule has 0 aromatic heterocycles. The number of likely N-dealkylation sites (tertiary alicyclic amines) is 1. The Hall–Kier alpha value is -3.47. The standard InChI is InChI=1S/C36H48ClN5O6/c1-35(2,3)31(40-29(43)16-24-13-21-10-11-22(24)12-21)34(47)42-19-36(17-27(41-48-36)23-6-5-7-25(37)15-23)18-28(42)32(45)39-26(14-20-8-9-20)30(44)33(46)38-4/h5-7,15,20-22,24,26,28,31H,8-14,16-19H2,1-4H3,(H,38,46)(H,39,45)(H,40,43)/t21?,22?,24?,26-,28-,31+,36+/m0/s1. The minimum absolute atomic E-state index is 0.0585. The van der Waals surface area contributed by atoms with Crippen LogP contribution >= 0.6 is 11.6 Å². The molecule has 3 unspecified atom stereocenters. The molecule has 4 amide bonds. The molecule has 4 fully saturated rings. The molecule has 2 bridgehead atoms. The topological polar surface area (TPSA) is 146 Å². The van der Waals surface area contributed by atoms with Gasteiger partial charge in [-0.3, -0.25) is 24.0 Å². The summed E-state index contributed by atoms with van der Waals surface area (Å²) in [5.74, 6) is -0.708. The van der Waals surface area contributed by atoms with Crippen LogP contribution in [-0.4, -0.2) is 77.3 Å². The van der Waals surface area contributed by atoms with Gasteiger partial charge in [-0.15, -0.1) is 0 Å². The van der Waals surface area contributed by atoms with E-state index in [4.69, 9.17) is 16.4 Å². The maximum Gasteiger partial charge on any atom is 0.289 e. The van der Waals surface area contributed by atoms with E-state index in [0.717, 1.165) is 24.8 Å². The lowest BCUT2D eigenvalue weighted by Gasteiger charge is -2.36. The molecule has 48 heavy (non-hydrogen) atoms. The zero-order chi connectivity index (χ0) is 34.4. The van der Waals surface area contributed by atoms with E-state index in [0.29, 0.717) is 47.8 Å². The molecule has 12 heteroatoms. The Kier molecular flexibility index (Phi) is 9.63. The number of nitrogens with zero attached hydrogens (tertiary/aromatic N) is 2. The molecular formula is C36H48ClN5O6. The zero-order valence-electron chi connectivity index (χ0n) is 28.4. The molecule has 3 saturated carbocycles. The second kappa shape index (κ2) is 13.4. The number of carbonyl (C=O) groups is 5. The highest BCUT2D eigenvalue weighted by atomic mass is 35.5. The van der Waals surface area contributed by atoms with E-state index in [1.165, 1.54) is 31.2 Å². The summed E-state index contributed by atoms with van der Waals surface area (Å²) in [7, 11) is 1.38. The minimum Gasteiger partial charge on any atom is -0.387 e. The summed E-state index contributed by atoms with van der Waals surface area (Å²) in [5, 5.41) is 13.2. The first-order valence-corrected chi connectivity index (χ1v) is 17.8. The van der Waals surface area contributed by atoms with Crippen LogP contribution in [-0.2, 0) is 28.8 Å². The van der Waals surface area contributed by atoms with Gasteiger partial charge in [0.25, 0.3) is 5.91 Å². The van der Waals surface area contributed by atoms with Gasteiger partial charge in [-0.25, -0.2) is 0 Å². The number of halogens is 1. The van der Waals surface area contributed by atoms with E-state index < -0.39 is 52.6 Å². The summed E-state index contributed by atoms with van der Waals surface area (Å²) in [6, 6.07) is 4.33. The van der Waals surface area contributed by atoms with Gasteiger partial charge in [-0.2, -0.15) is 0 Å². The van der Waals surface area contributed by atoms with Crippen LogP contribution < -0.4 is 16.0 Å².